The normalized spacial score (nSPS) is 12.7. The van der Waals surface area contributed by atoms with Gasteiger partial charge in [-0.15, -0.1) is 0 Å². The van der Waals surface area contributed by atoms with Gasteiger partial charge in [0.05, 0.1) is 23.3 Å². The predicted octanol–water partition coefficient (Wildman–Crippen LogP) is 0.711. The molecule has 0 unspecified atom stereocenters. The van der Waals surface area contributed by atoms with Gasteiger partial charge in [-0.3, -0.25) is 0 Å². The predicted molar refractivity (Wildman–Crippen MR) is 71.3 cm³/mol. The Hall–Kier alpha value is -1.02. The molecule has 0 aromatic heterocycles. The van der Waals surface area contributed by atoms with Crippen molar-refractivity contribution in [2.24, 2.45) is 0 Å². The quantitative estimate of drug-likeness (QED) is 0.698. The highest BCUT2D eigenvalue weighted by atomic mass is 19.1. The second-order valence-electron chi connectivity index (χ2n) is 5.63. The lowest BCUT2D eigenvalue weighted by Gasteiger charge is -2.38. The van der Waals surface area contributed by atoms with Gasteiger partial charge in [0, 0.05) is 5.56 Å². The third-order valence-corrected chi connectivity index (χ3v) is 3.50. The molecule has 0 heterocycles. The summed E-state index contributed by atoms with van der Waals surface area (Å²) in [4.78, 5) is 0. The van der Waals surface area contributed by atoms with Crippen LogP contribution in [0, 0.1) is 11.6 Å². The first-order valence-electron chi connectivity index (χ1n) is 6.17. The van der Waals surface area contributed by atoms with E-state index in [-0.39, 0.29) is 5.56 Å². The summed E-state index contributed by atoms with van der Waals surface area (Å²) in [5, 5.41) is 28.8. The van der Waals surface area contributed by atoms with Gasteiger partial charge < -0.3 is 19.9 Å². The third kappa shape index (κ3) is 3.35. The van der Waals surface area contributed by atoms with Crippen LogP contribution in [0.15, 0.2) is 12.1 Å². The molecule has 112 valence electrons. The number of halogens is 2. The van der Waals surface area contributed by atoms with E-state index >= 15 is 0 Å². The SMILES string of the molecule is CC(C)(O)C(C)(C)OB(O)c1c(F)ccc(CO)c1F. The molecule has 1 rings (SSSR count). The van der Waals surface area contributed by atoms with Gasteiger partial charge in [0.15, 0.2) is 0 Å². The topological polar surface area (TPSA) is 69.9 Å². The Morgan fingerprint density at radius 2 is 1.75 bits per heavy atom. The lowest BCUT2D eigenvalue weighted by molar-refractivity contribution is -0.0984. The molecule has 0 fully saturated rings. The van der Waals surface area contributed by atoms with Crippen LogP contribution in [0.5, 0.6) is 0 Å². The zero-order valence-corrected chi connectivity index (χ0v) is 11.9. The summed E-state index contributed by atoms with van der Waals surface area (Å²) in [5.41, 5.74) is -3.42. The minimum Gasteiger partial charge on any atom is -0.423 e. The number of aliphatic hydroxyl groups is 2. The zero-order valence-electron chi connectivity index (χ0n) is 11.9. The van der Waals surface area contributed by atoms with Crippen LogP contribution in [0.25, 0.3) is 0 Å². The highest BCUT2D eigenvalue weighted by molar-refractivity contribution is 6.60. The highest BCUT2D eigenvalue weighted by Gasteiger charge is 2.41. The molecular formula is C13H19BF2O4. The van der Waals surface area contributed by atoms with Crippen molar-refractivity contribution in [3.8, 4) is 0 Å². The van der Waals surface area contributed by atoms with Crippen LogP contribution >= 0.6 is 0 Å². The summed E-state index contributed by atoms with van der Waals surface area (Å²) in [6.07, 6.45) is 0. The van der Waals surface area contributed by atoms with Gasteiger partial charge in [-0.05, 0) is 33.8 Å². The van der Waals surface area contributed by atoms with Crippen LogP contribution in [0.3, 0.4) is 0 Å². The second kappa shape index (κ2) is 5.77. The summed E-state index contributed by atoms with van der Waals surface area (Å²) in [7, 11) is -1.90. The maximum Gasteiger partial charge on any atom is 0.497 e. The van der Waals surface area contributed by atoms with Gasteiger partial charge in [0.25, 0.3) is 0 Å². The van der Waals surface area contributed by atoms with E-state index in [1.807, 2.05) is 0 Å². The number of aliphatic hydroxyl groups excluding tert-OH is 1. The molecule has 0 aliphatic carbocycles. The molecule has 1 aromatic rings. The number of benzene rings is 1. The molecular weight excluding hydrogens is 269 g/mol. The highest BCUT2D eigenvalue weighted by Crippen LogP contribution is 2.25. The zero-order chi connectivity index (χ0) is 15.7. The maximum atomic E-state index is 14.0. The van der Waals surface area contributed by atoms with Gasteiger partial charge >= 0.3 is 7.12 Å². The lowest BCUT2D eigenvalue weighted by atomic mass is 9.75. The smallest absolute Gasteiger partial charge is 0.423 e. The number of hydrogen-bond donors (Lipinski definition) is 3. The molecule has 0 bridgehead atoms. The van der Waals surface area contributed by atoms with Crippen molar-refractivity contribution < 1.29 is 28.7 Å². The molecule has 4 nitrogen and oxygen atoms in total. The Bertz CT molecular complexity index is 486. The molecule has 1 aromatic carbocycles. The molecule has 0 amide bonds. The molecule has 0 spiro atoms. The summed E-state index contributed by atoms with van der Waals surface area (Å²) < 4.78 is 32.8. The fourth-order valence-corrected chi connectivity index (χ4v) is 1.45. The molecule has 0 saturated carbocycles. The summed E-state index contributed by atoms with van der Waals surface area (Å²) >= 11 is 0. The van der Waals surface area contributed by atoms with E-state index in [1.165, 1.54) is 27.7 Å². The summed E-state index contributed by atoms with van der Waals surface area (Å²) in [6, 6.07) is 2.02. The first-order valence-corrected chi connectivity index (χ1v) is 6.17. The molecule has 0 atom stereocenters. The average molecular weight is 288 g/mol. The van der Waals surface area contributed by atoms with E-state index in [0.29, 0.717) is 0 Å². The van der Waals surface area contributed by atoms with Crippen molar-refractivity contribution in [2.75, 3.05) is 0 Å². The standard InChI is InChI=1S/C13H19BF2O4/c1-12(2,18)13(3,4)20-14(19)10-9(15)6-5-8(7-17)11(10)16/h5-6,17-19H,7H2,1-4H3. The van der Waals surface area contributed by atoms with Crippen molar-refractivity contribution in [3.05, 3.63) is 29.3 Å². The van der Waals surface area contributed by atoms with E-state index in [2.05, 4.69) is 0 Å². The van der Waals surface area contributed by atoms with Crippen molar-refractivity contribution in [1.82, 2.24) is 0 Å². The van der Waals surface area contributed by atoms with Crippen LogP contribution in [0.1, 0.15) is 33.3 Å². The van der Waals surface area contributed by atoms with E-state index in [1.54, 1.807) is 0 Å². The molecule has 0 radical (unpaired) electrons. The van der Waals surface area contributed by atoms with Crippen molar-refractivity contribution in [2.45, 2.75) is 45.5 Å². The molecule has 7 heteroatoms. The Kier molecular flexibility index (Phi) is 4.92. The van der Waals surface area contributed by atoms with Gasteiger partial charge in [-0.2, -0.15) is 0 Å². The number of rotatable bonds is 5. The van der Waals surface area contributed by atoms with Crippen LogP contribution in [0.4, 0.5) is 8.78 Å². The monoisotopic (exact) mass is 288 g/mol. The van der Waals surface area contributed by atoms with Gasteiger partial charge in [0.2, 0.25) is 0 Å². The van der Waals surface area contributed by atoms with Gasteiger partial charge in [-0.25, -0.2) is 8.78 Å². The Labute approximate surface area is 117 Å². The van der Waals surface area contributed by atoms with Crippen molar-refractivity contribution in [3.63, 3.8) is 0 Å². The summed E-state index contributed by atoms with van der Waals surface area (Å²) in [6.45, 7) is 5.26. The van der Waals surface area contributed by atoms with Crippen molar-refractivity contribution >= 4 is 12.6 Å². The molecule has 0 saturated heterocycles. The van der Waals surface area contributed by atoms with E-state index < -0.39 is 42.0 Å². The van der Waals surface area contributed by atoms with Crippen LogP contribution in [-0.4, -0.2) is 33.6 Å². The van der Waals surface area contributed by atoms with E-state index in [9.17, 15) is 18.9 Å². The van der Waals surface area contributed by atoms with Crippen LogP contribution < -0.4 is 5.46 Å². The Morgan fingerprint density at radius 1 is 1.20 bits per heavy atom. The van der Waals surface area contributed by atoms with Gasteiger partial charge in [0.1, 0.15) is 11.6 Å². The van der Waals surface area contributed by atoms with E-state index in [4.69, 9.17) is 9.76 Å². The number of hydrogen-bond acceptors (Lipinski definition) is 4. The van der Waals surface area contributed by atoms with E-state index in [0.717, 1.165) is 12.1 Å². The lowest BCUT2D eigenvalue weighted by Crippen LogP contribution is -2.54. The third-order valence-electron chi connectivity index (χ3n) is 3.50. The largest absolute Gasteiger partial charge is 0.497 e. The van der Waals surface area contributed by atoms with Crippen LogP contribution in [0.2, 0.25) is 0 Å². The molecule has 0 aliphatic rings. The minimum atomic E-state index is -1.90. The van der Waals surface area contributed by atoms with Gasteiger partial charge in [-0.1, -0.05) is 6.07 Å². The maximum absolute atomic E-state index is 14.0. The minimum absolute atomic E-state index is 0.148. The molecule has 20 heavy (non-hydrogen) atoms. The molecule has 3 N–H and O–H groups in total. The fourth-order valence-electron chi connectivity index (χ4n) is 1.45. The molecule has 0 aliphatic heterocycles. The second-order valence-corrected chi connectivity index (χ2v) is 5.63. The van der Waals surface area contributed by atoms with Crippen LogP contribution in [-0.2, 0) is 11.3 Å². The summed E-state index contributed by atoms with van der Waals surface area (Å²) in [5.74, 6) is -2.05. The first-order chi connectivity index (χ1) is 9.01. The first kappa shape index (κ1) is 17.0. The average Bonchev–Trinajstić information content (AvgIpc) is 2.27. The van der Waals surface area contributed by atoms with Crippen molar-refractivity contribution in [1.29, 1.82) is 0 Å². The Balaban J connectivity index is 3.13. The Morgan fingerprint density at radius 3 is 2.20 bits per heavy atom. The fraction of sp³-hybridized carbons (Fsp3) is 0.538.